The van der Waals surface area contributed by atoms with Crippen LogP contribution in [0.4, 0.5) is 4.79 Å². The number of benzene rings is 2. The molecule has 2 unspecified atom stereocenters. The number of carbonyl (C=O) groups is 1. The first kappa shape index (κ1) is 19.5. The highest BCUT2D eigenvalue weighted by molar-refractivity contribution is 5.64. The van der Waals surface area contributed by atoms with Crippen molar-refractivity contribution in [1.82, 2.24) is 0 Å². The minimum absolute atomic E-state index is 0.00917. The lowest BCUT2D eigenvalue weighted by Gasteiger charge is -2.48. The highest BCUT2D eigenvalue weighted by Gasteiger charge is 2.44. The van der Waals surface area contributed by atoms with Gasteiger partial charge in [-0.1, -0.05) is 63.2 Å². The molecule has 1 saturated carbocycles. The number of carbonyl (C=O) groups excluding carboxylic acids is 1. The highest BCUT2D eigenvalue weighted by Crippen LogP contribution is 2.53. The molecule has 2 atom stereocenters. The van der Waals surface area contributed by atoms with Crippen molar-refractivity contribution in [3.05, 3.63) is 65.2 Å². The highest BCUT2D eigenvalue weighted by atomic mass is 16.7. The molecule has 2 aromatic carbocycles. The Labute approximate surface area is 162 Å². The van der Waals surface area contributed by atoms with Crippen molar-refractivity contribution < 1.29 is 14.3 Å². The first-order valence-electron chi connectivity index (χ1n) is 9.71. The maximum atomic E-state index is 11.5. The second kappa shape index (κ2) is 7.38. The summed E-state index contributed by atoms with van der Waals surface area (Å²) >= 11 is 0. The number of rotatable bonds is 3. The molecule has 0 saturated heterocycles. The van der Waals surface area contributed by atoms with E-state index in [0.29, 0.717) is 17.1 Å². The Morgan fingerprint density at radius 3 is 2.33 bits per heavy atom. The van der Waals surface area contributed by atoms with Crippen molar-refractivity contribution in [3.8, 4) is 5.75 Å². The molecule has 1 fully saturated rings. The Morgan fingerprint density at radius 1 is 1.04 bits per heavy atom. The Kier molecular flexibility index (Phi) is 5.32. The molecule has 0 aliphatic heterocycles. The molecular formula is C24H30O3. The first-order chi connectivity index (χ1) is 12.8. The maximum absolute atomic E-state index is 11.5. The third-order valence-corrected chi connectivity index (χ3v) is 6.60. The van der Waals surface area contributed by atoms with Crippen molar-refractivity contribution >= 4 is 6.16 Å². The second-order valence-corrected chi connectivity index (χ2v) is 8.58. The third-order valence-electron chi connectivity index (χ3n) is 6.60. The maximum Gasteiger partial charge on any atom is 0.513 e. The predicted octanol–water partition coefficient (Wildman–Crippen LogP) is 6.27. The van der Waals surface area contributed by atoms with Crippen LogP contribution in [0.5, 0.6) is 5.75 Å². The number of ether oxygens (including phenoxy) is 2. The third kappa shape index (κ3) is 3.73. The van der Waals surface area contributed by atoms with E-state index in [9.17, 15) is 4.79 Å². The quantitative estimate of drug-likeness (QED) is 0.474. The van der Waals surface area contributed by atoms with Crippen LogP contribution >= 0.6 is 0 Å². The zero-order valence-electron chi connectivity index (χ0n) is 17.0. The Balaban J connectivity index is 2.05. The van der Waals surface area contributed by atoms with E-state index < -0.39 is 6.16 Å². The summed E-state index contributed by atoms with van der Waals surface area (Å²) in [4.78, 5) is 11.5. The van der Waals surface area contributed by atoms with Crippen LogP contribution in [0, 0.1) is 18.3 Å². The SMILES string of the molecule is COC(=O)Oc1ccc(C2(c3ccccc3)CCC(C)(C)C(C)C2)cc1C. The fourth-order valence-corrected chi connectivity index (χ4v) is 4.32. The normalized spacial score (nSPS) is 24.3. The van der Waals surface area contributed by atoms with E-state index in [1.807, 2.05) is 13.0 Å². The van der Waals surface area contributed by atoms with Crippen LogP contribution in [-0.2, 0) is 10.2 Å². The zero-order valence-corrected chi connectivity index (χ0v) is 17.0. The molecule has 0 radical (unpaired) electrons. The summed E-state index contributed by atoms with van der Waals surface area (Å²) in [6, 6.07) is 17.0. The summed E-state index contributed by atoms with van der Waals surface area (Å²) < 4.78 is 9.89. The molecule has 1 aliphatic carbocycles. The van der Waals surface area contributed by atoms with Gasteiger partial charge in [-0.15, -0.1) is 0 Å². The van der Waals surface area contributed by atoms with Gasteiger partial charge in [0.1, 0.15) is 5.75 Å². The number of hydrogen-bond acceptors (Lipinski definition) is 3. The molecule has 2 aromatic rings. The summed E-state index contributed by atoms with van der Waals surface area (Å²) in [5, 5.41) is 0. The van der Waals surface area contributed by atoms with Crippen molar-refractivity contribution in [1.29, 1.82) is 0 Å². The number of aryl methyl sites for hydroxylation is 1. The van der Waals surface area contributed by atoms with Crippen LogP contribution in [0.1, 0.15) is 56.7 Å². The van der Waals surface area contributed by atoms with E-state index in [1.165, 1.54) is 24.7 Å². The van der Waals surface area contributed by atoms with Crippen molar-refractivity contribution in [2.75, 3.05) is 7.11 Å². The van der Waals surface area contributed by atoms with Crippen LogP contribution in [-0.4, -0.2) is 13.3 Å². The minimum atomic E-state index is -0.684. The van der Waals surface area contributed by atoms with Crippen molar-refractivity contribution in [2.24, 2.45) is 11.3 Å². The molecule has 27 heavy (non-hydrogen) atoms. The summed E-state index contributed by atoms with van der Waals surface area (Å²) in [6.07, 6.45) is 2.73. The lowest BCUT2D eigenvalue weighted by Crippen LogP contribution is -2.41. The van der Waals surface area contributed by atoms with Gasteiger partial charge in [0, 0.05) is 5.41 Å². The fraction of sp³-hybridized carbons (Fsp3) is 0.458. The van der Waals surface area contributed by atoms with Gasteiger partial charge < -0.3 is 9.47 Å². The molecular weight excluding hydrogens is 336 g/mol. The van der Waals surface area contributed by atoms with Crippen LogP contribution in [0.25, 0.3) is 0 Å². The van der Waals surface area contributed by atoms with E-state index in [0.717, 1.165) is 18.4 Å². The molecule has 0 amide bonds. The molecule has 0 bridgehead atoms. The summed E-state index contributed by atoms with van der Waals surface area (Å²) in [5.74, 6) is 1.16. The number of methoxy groups -OCH3 is 1. The Morgan fingerprint density at radius 2 is 1.74 bits per heavy atom. The molecule has 0 heterocycles. The lowest BCUT2D eigenvalue weighted by molar-refractivity contribution is 0.107. The molecule has 3 rings (SSSR count). The van der Waals surface area contributed by atoms with Gasteiger partial charge in [-0.05, 0) is 60.3 Å². The Hall–Kier alpha value is -2.29. The molecule has 3 heteroatoms. The van der Waals surface area contributed by atoms with Crippen molar-refractivity contribution in [2.45, 2.75) is 52.4 Å². The summed E-state index contributed by atoms with van der Waals surface area (Å²) in [6.45, 7) is 9.12. The largest absolute Gasteiger partial charge is 0.513 e. The Bertz CT molecular complexity index is 810. The van der Waals surface area contributed by atoms with E-state index in [-0.39, 0.29) is 5.41 Å². The molecule has 1 aliphatic rings. The molecule has 0 N–H and O–H groups in total. The van der Waals surface area contributed by atoms with Crippen molar-refractivity contribution in [3.63, 3.8) is 0 Å². The lowest BCUT2D eigenvalue weighted by atomic mass is 9.55. The van der Waals surface area contributed by atoms with E-state index in [4.69, 9.17) is 4.74 Å². The topological polar surface area (TPSA) is 35.5 Å². The summed E-state index contributed by atoms with van der Waals surface area (Å²) in [5.41, 5.74) is 3.95. The smallest absolute Gasteiger partial charge is 0.437 e. The second-order valence-electron chi connectivity index (χ2n) is 8.58. The molecule has 144 valence electrons. The van der Waals surface area contributed by atoms with Gasteiger partial charge in [-0.2, -0.15) is 0 Å². The minimum Gasteiger partial charge on any atom is -0.437 e. The van der Waals surface area contributed by atoms with Gasteiger partial charge in [0.25, 0.3) is 0 Å². The predicted molar refractivity (Wildman–Crippen MR) is 108 cm³/mol. The van der Waals surface area contributed by atoms with E-state index in [1.54, 1.807) is 0 Å². The van der Waals surface area contributed by atoms with Gasteiger partial charge in [0.2, 0.25) is 0 Å². The summed E-state index contributed by atoms with van der Waals surface area (Å²) in [7, 11) is 1.32. The van der Waals surface area contributed by atoms with Crippen LogP contribution in [0.3, 0.4) is 0 Å². The first-order valence-corrected chi connectivity index (χ1v) is 9.71. The van der Waals surface area contributed by atoms with Gasteiger partial charge in [0.15, 0.2) is 0 Å². The number of hydrogen-bond donors (Lipinski definition) is 0. The van der Waals surface area contributed by atoms with Crippen LogP contribution in [0.15, 0.2) is 48.5 Å². The van der Waals surface area contributed by atoms with Crippen LogP contribution < -0.4 is 4.74 Å². The average molecular weight is 367 g/mol. The average Bonchev–Trinajstić information content (AvgIpc) is 2.66. The van der Waals surface area contributed by atoms with Gasteiger partial charge >= 0.3 is 6.16 Å². The van der Waals surface area contributed by atoms with Gasteiger partial charge in [-0.25, -0.2) is 4.79 Å². The standard InChI is InChI=1S/C24H30O3/c1-17-15-20(11-12-21(17)27-22(25)26-5)24(19-9-7-6-8-10-19)14-13-23(3,4)18(2)16-24/h6-12,15,18H,13-14,16H2,1-5H3. The molecule has 3 nitrogen and oxygen atoms in total. The fourth-order valence-electron chi connectivity index (χ4n) is 4.32. The van der Waals surface area contributed by atoms with Crippen LogP contribution in [0.2, 0.25) is 0 Å². The zero-order chi connectivity index (χ0) is 19.7. The van der Waals surface area contributed by atoms with E-state index >= 15 is 0 Å². The molecule has 0 spiro atoms. The van der Waals surface area contributed by atoms with Gasteiger partial charge in [-0.3, -0.25) is 0 Å². The monoisotopic (exact) mass is 366 g/mol. The van der Waals surface area contributed by atoms with E-state index in [2.05, 4.69) is 68.0 Å². The van der Waals surface area contributed by atoms with Gasteiger partial charge in [0.05, 0.1) is 7.11 Å². The molecule has 0 aromatic heterocycles.